The standard InChI is InChI=1S/C9H8BrNO2/c10-6-1-2-7-5(3-6)4-8(12)9(13)11-7/h1-3,8,12H,4H2,(H,11,13)/t8-/m0/s1. The molecule has 1 aliphatic rings. The normalized spacial score (nSPS) is 20.8. The molecule has 0 unspecified atom stereocenters. The number of fused-ring (bicyclic) bond motifs is 1. The average Bonchev–Trinajstić information content (AvgIpc) is 2.08. The molecule has 1 aromatic rings. The molecular weight excluding hydrogens is 234 g/mol. The van der Waals surface area contributed by atoms with Crippen LogP contribution in [0.1, 0.15) is 5.56 Å². The van der Waals surface area contributed by atoms with Crippen molar-refractivity contribution in [2.75, 3.05) is 5.32 Å². The van der Waals surface area contributed by atoms with Gasteiger partial charge in [0.2, 0.25) is 0 Å². The van der Waals surface area contributed by atoms with Crippen LogP contribution in [0.5, 0.6) is 0 Å². The zero-order chi connectivity index (χ0) is 9.42. The van der Waals surface area contributed by atoms with Crippen LogP contribution in [0, 0.1) is 0 Å². The number of aliphatic hydroxyl groups is 1. The van der Waals surface area contributed by atoms with Gasteiger partial charge in [-0.3, -0.25) is 4.79 Å². The Morgan fingerprint density at radius 1 is 1.54 bits per heavy atom. The lowest BCUT2D eigenvalue weighted by molar-refractivity contribution is -0.124. The summed E-state index contributed by atoms with van der Waals surface area (Å²) in [5.74, 6) is -0.324. The second kappa shape index (κ2) is 3.12. The van der Waals surface area contributed by atoms with Gasteiger partial charge in [0.05, 0.1) is 0 Å². The van der Waals surface area contributed by atoms with E-state index < -0.39 is 6.10 Å². The molecular formula is C9H8BrNO2. The summed E-state index contributed by atoms with van der Waals surface area (Å²) in [6.07, 6.45) is -0.526. The lowest BCUT2D eigenvalue weighted by Crippen LogP contribution is -2.34. The predicted molar refractivity (Wildman–Crippen MR) is 52.5 cm³/mol. The summed E-state index contributed by atoms with van der Waals surface area (Å²) in [6, 6.07) is 5.58. The second-order valence-corrected chi connectivity index (χ2v) is 3.93. The highest BCUT2D eigenvalue weighted by Crippen LogP contribution is 2.25. The molecule has 0 saturated heterocycles. The third-order valence-corrected chi connectivity index (χ3v) is 2.53. The highest BCUT2D eigenvalue weighted by Gasteiger charge is 2.23. The topological polar surface area (TPSA) is 49.3 Å². The maximum Gasteiger partial charge on any atom is 0.253 e. The third-order valence-electron chi connectivity index (χ3n) is 2.04. The molecule has 0 fully saturated rings. The van der Waals surface area contributed by atoms with Gasteiger partial charge >= 0.3 is 0 Å². The number of aliphatic hydroxyl groups excluding tert-OH is 1. The molecule has 1 atom stereocenters. The summed E-state index contributed by atoms with van der Waals surface area (Å²) in [4.78, 5) is 11.1. The van der Waals surface area contributed by atoms with Gasteiger partial charge in [-0.2, -0.15) is 0 Å². The van der Waals surface area contributed by atoms with Crippen molar-refractivity contribution in [1.29, 1.82) is 0 Å². The fourth-order valence-electron chi connectivity index (χ4n) is 1.37. The van der Waals surface area contributed by atoms with Crippen LogP contribution >= 0.6 is 15.9 Å². The smallest absolute Gasteiger partial charge is 0.253 e. The van der Waals surface area contributed by atoms with Crippen LogP contribution in [-0.4, -0.2) is 17.1 Å². The Bertz CT molecular complexity index is 365. The molecule has 0 spiro atoms. The van der Waals surface area contributed by atoms with E-state index in [1.165, 1.54) is 0 Å². The molecule has 0 aliphatic carbocycles. The number of nitrogens with one attached hydrogen (secondary N) is 1. The van der Waals surface area contributed by atoms with E-state index in [0.29, 0.717) is 6.42 Å². The molecule has 1 aliphatic heterocycles. The van der Waals surface area contributed by atoms with Crippen molar-refractivity contribution in [3.05, 3.63) is 28.2 Å². The minimum absolute atomic E-state index is 0.324. The maximum absolute atomic E-state index is 11.1. The summed E-state index contributed by atoms with van der Waals surface area (Å²) < 4.78 is 0.953. The predicted octanol–water partition coefficient (Wildman–Crippen LogP) is 1.30. The molecule has 0 saturated carbocycles. The van der Waals surface area contributed by atoms with Crippen molar-refractivity contribution < 1.29 is 9.90 Å². The van der Waals surface area contributed by atoms with Crippen molar-refractivity contribution in [3.8, 4) is 0 Å². The van der Waals surface area contributed by atoms with Crippen LogP contribution in [0.4, 0.5) is 5.69 Å². The monoisotopic (exact) mass is 241 g/mol. The Labute approximate surface area is 83.9 Å². The van der Waals surface area contributed by atoms with E-state index in [0.717, 1.165) is 15.7 Å². The van der Waals surface area contributed by atoms with Gasteiger partial charge in [-0.1, -0.05) is 15.9 Å². The number of hydrogen-bond acceptors (Lipinski definition) is 2. The quantitative estimate of drug-likeness (QED) is 0.720. The number of carbonyl (C=O) groups excluding carboxylic acids is 1. The first kappa shape index (κ1) is 8.72. The molecule has 1 amide bonds. The summed E-state index contributed by atoms with van der Waals surface area (Å²) in [5, 5.41) is 11.9. The first-order chi connectivity index (χ1) is 6.16. The number of amides is 1. The minimum Gasteiger partial charge on any atom is -0.383 e. The van der Waals surface area contributed by atoms with Crippen molar-refractivity contribution in [2.24, 2.45) is 0 Å². The zero-order valence-electron chi connectivity index (χ0n) is 6.75. The fraction of sp³-hybridized carbons (Fsp3) is 0.222. The highest BCUT2D eigenvalue weighted by atomic mass is 79.9. The van der Waals surface area contributed by atoms with Gasteiger partial charge in [-0.15, -0.1) is 0 Å². The van der Waals surface area contributed by atoms with Crippen LogP contribution in [0.25, 0.3) is 0 Å². The summed E-state index contributed by atoms with van der Waals surface area (Å²) in [7, 11) is 0. The number of rotatable bonds is 0. The number of benzene rings is 1. The van der Waals surface area contributed by atoms with Crippen molar-refractivity contribution >= 4 is 27.5 Å². The fourth-order valence-corrected chi connectivity index (χ4v) is 1.78. The molecule has 68 valence electrons. The van der Waals surface area contributed by atoms with E-state index in [4.69, 9.17) is 0 Å². The van der Waals surface area contributed by atoms with Crippen LogP contribution in [0.15, 0.2) is 22.7 Å². The molecule has 2 rings (SSSR count). The van der Waals surface area contributed by atoms with E-state index in [1.807, 2.05) is 18.2 Å². The number of hydrogen-bond donors (Lipinski definition) is 2. The van der Waals surface area contributed by atoms with E-state index in [-0.39, 0.29) is 5.91 Å². The Morgan fingerprint density at radius 2 is 2.31 bits per heavy atom. The third kappa shape index (κ3) is 1.59. The van der Waals surface area contributed by atoms with Crippen LogP contribution in [-0.2, 0) is 11.2 Å². The number of anilines is 1. The second-order valence-electron chi connectivity index (χ2n) is 3.01. The van der Waals surface area contributed by atoms with Crippen molar-refractivity contribution in [3.63, 3.8) is 0 Å². The highest BCUT2D eigenvalue weighted by molar-refractivity contribution is 9.10. The van der Waals surface area contributed by atoms with Gasteiger partial charge < -0.3 is 10.4 Å². The molecule has 1 heterocycles. The van der Waals surface area contributed by atoms with Crippen molar-refractivity contribution in [2.45, 2.75) is 12.5 Å². The molecule has 3 nitrogen and oxygen atoms in total. The first-order valence-electron chi connectivity index (χ1n) is 3.94. The SMILES string of the molecule is O=C1Nc2ccc(Br)cc2C[C@@H]1O. The van der Waals surface area contributed by atoms with Gasteiger partial charge in [-0.05, 0) is 23.8 Å². The minimum atomic E-state index is -0.915. The molecule has 0 aromatic heterocycles. The number of carbonyl (C=O) groups is 1. The summed E-state index contributed by atoms with van der Waals surface area (Å²) in [6.45, 7) is 0. The van der Waals surface area contributed by atoms with Gasteiger partial charge in [0.1, 0.15) is 6.10 Å². The van der Waals surface area contributed by atoms with Gasteiger partial charge in [0.25, 0.3) is 5.91 Å². The van der Waals surface area contributed by atoms with Gasteiger partial charge in [0.15, 0.2) is 0 Å². The largest absolute Gasteiger partial charge is 0.383 e. The lowest BCUT2D eigenvalue weighted by Gasteiger charge is -2.20. The molecule has 13 heavy (non-hydrogen) atoms. The van der Waals surface area contributed by atoms with Crippen LogP contribution in [0.3, 0.4) is 0 Å². The molecule has 0 radical (unpaired) electrons. The summed E-state index contributed by atoms with van der Waals surface area (Å²) >= 11 is 3.33. The molecule has 0 bridgehead atoms. The van der Waals surface area contributed by atoms with E-state index in [1.54, 1.807) is 0 Å². The Morgan fingerprint density at radius 3 is 3.08 bits per heavy atom. The van der Waals surface area contributed by atoms with Crippen molar-refractivity contribution in [1.82, 2.24) is 0 Å². The Hall–Kier alpha value is -0.870. The lowest BCUT2D eigenvalue weighted by atomic mass is 10.0. The summed E-state index contributed by atoms with van der Waals surface area (Å²) in [5.41, 5.74) is 1.75. The molecule has 1 aromatic carbocycles. The average molecular weight is 242 g/mol. The van der Waals surface area contributed by atoms with E-state index in [9.17, 15) is 9.90 Å². The van der Waals surface area contributed by atoms with Crippen LogP contribution in [0.2, 0.25) is 0 Å². The van der Waals surface area contributed by atoms with E-state index >= 15 is 0 Å². The molecule has 4 heteroatoms. The number of halogens is 1. The van der Waals surface area contributed by atoms with Gasteiger partial charge in [0, 0.05) is 16.6 Å². The Balaban J connectivity index is 2.42. The Kier molecular flexibility index (Phi) is 2.09. The van der Waals surface area contributed by atoms with Crippen LogP contribution < -0.4 is 5.32 Å². The van der Waals surface area contributed by atoms with Gasteiger partial charge in [-0.25, -0.2) is 0 Å². The molecule has 2 N–H and O–H groups in total. The van der Waals surface area contributed by atoms with E-state index in [2.05, 4.69) is 21.2 Å². The zero-order valence-corrected chi connectivity index (χ0v) is 8.34. The maximum atomic E-state index is 11.1. The first-order valence-corrected chi connectivity index (χ1v) is 4.73.